The Bertz CT molecular complexity index is 1340. The van der Waals surface area contributed by atoms with Gasteiger partial charge in [0.05, 0.1) is 16.7 Å². The lowest BCUT2D eigenvalue weighted by atomic mass is 10.0. The molecule has 0 radical (unpaired) electrons. The van der Waals surface area contributed by atoms with Crippen molar-refractivity contribution < 1.29 is 9.53 Å². The van der Waals surface area contributed by atoms with Gasteiger partial charge in [0.2, 0.25) is 5.91 Å². The topological polar surface area (TPSA) is 47.4 Å². The van der Waals surface area contributed by atoms with E-state index in [0.29, 0.717) is 17.5 Å². The number of carbonyl (C=O) groups excluding carboxylic acids is 1. The minimum atomic E-state index is -0.0493. The van der Waals surface area contributed by atoms with Gasteiger partial charge in [0.15, 0.2) is 0 Å². The van der Waals surface area contributed by atoms with Crippen LogP contribution in [0.4, 0.5) is 5.69 Å². The summed E-state index contributed by atoms with van der Waals surface area (Å²) in [5.74, 6) is 0.665. The van der Waals surface area contributed by atoms with Crippen molar-refractivity contribution in [3.05, 3.63) is 94.3 Å². The summed E-state index contributed by atoms with van der Waals surface area (Å²) in [4.78, 5) is 20.4. The highest BCUT2D eigenvalue weighted by Gasteiger charge is 2.22. The first-order chi connectivity index (χ1) is 17.0. The van der Waals surface area contributed by atoms with Crippen LogP contribution in [-0.4, -0.2) is 28.8 Å². The molecule has 0 spiro atoms. The second kappa shape index (κ2) is 11.3. The highest BCUT2D eigenvalue weighted by atomic mass is 35.5. The molecule has 3 aromatic carbocycles. The van der Waals surface area contributed by atoms with E-state index >= 15 is 0 Å². The third-order valence-corrected chi connectivity index (χ3v) is 6.22. The van der Waals surface area contributed by atoms with Gasteiger partial charge in [0.25, 0.3) is 0 Å². The van der Waals surface area contributed by atoms with Crippen molar-refractivity contribution in [1.82, 2.24) is 9.55 Å². The van der Waals surface area contributed by atoms with E-state index in [1.807, 2.05) is 91.2 Å². The molecular weight excluding hydrogens is 458 g/mol. The average molecular weight is 488 g/mol. The second-order valence-electron chi connectivity index (χ2n) is 8.31. The van der Waals surface area contributed by atoms with Gasteiger partial charge in [-0.2, -0.15) is 0 Å². The molecule has 1 heterocycles. The minimum Gasteiger partial charge on any atom is -0.361 e. The highest BCUT2D eigenvalue weighted by molar-refractivity contribution is 6.30. The maximum Gasteiger partial charge on any atom is 0.248 e. The molecule has 1 amide bonds. The fraction of sp³-hybridized carbons (Fsp3) is 0.241. The third-order valence-electron chi connectivity index (χ3n) is 5.97. The molecule has 4 aromatic rings. The standard InChI is InChI=1S/C29H30ClN3O2/c1-4-23-10-8-9-21(3)29(23)33(20-35-5-2)28(34)19-32-26-12-7-6-11-25(26)31-27(32)18-15-22-13-16-24(30)17-14-22/h6-18H,4-5,19-20H2,1-3H3. The van der Waals surface area contributed by atoms with E-state index in [2.05, 4.69) is 13.0 Å². The summed E-state index contributed by atoms with van der Waals surface area (Å²) >= 11 is 6.02. The van der Waals surface area contributed by atoms with Gasteiger partial charge in [-0.3, -0.25) is 9.69 Å². The number of carbonyl (C=O) groups is 1. The van der Waals surface area contributed by atoms with Crippen LogP contribution in [-0.2, 0) is 22.5 Å². The van der Waals surface area contributed by atoms with E-state index in [1.54, 1.807) is 4.90 Å². The number of benzene rings is 3. The fourth-order valence-electron chi connectivity index (χ4n) is 4.19. The average Bonchev–Trinajstić information content (AvgIpc) is 3.21. The van der Waals surface area contributed by atoms with Gasteiger partial charge in [-0.25, -0.2) is 4.98 Å². The number of hydrogen-bond donors (Lipinski definition) is 0. The number of halogens is 1. The van der Waals surface area contributed by atoms with Crippen LogP contribution in [0.2, 0.25) is 5.02 Å². The van der Waals surface area contributed by atoms with Crippen LogP contribution in [0.25, 0.3) is 23.2 Å². The molecule has 0 N–H and O–H groups in total. The summed E-state index contributed by atoms with van der Waals surface area (Å²) in [5, 5.41) is 0.692. The molecule has 35 heavy (non-hydrogen) atoms. The molecular formula is C29H30ClN3O2. The molecule has 0 aliphatic rings. The van der Waals surface area contributed by atoms with Gasteiger partial charge in [-0.1, -0.05) is 67.1 Å². The SMILES string of the molecule is CCOCN(C(=O)Cn1c(C=Cc2ccc(Cl)cc2)nc2ccccc21)c1c(C)cccc1CC. The minimum absolute atomic E-state index is 0.0493. The Morgan fingerprint density at radius 3 is 2.54 bits per heavy atom. The second-order valence-corrected chi connectivity index (χ2v) is 8.75. The zero-order chi connectivity index (χ0) is 24.8. The quantitative estimate of drug-likeness (QED) is 0.245. The number of aromatic nitrogens is 2. The van der Waals surface area contributed by atoms with Crippen LogP contribution in [0, 0.1) is 6.92 Å². The fourth-order valence-corrected chi connectivity index (χ4v) is 4.31. The van der Waals surface area contributed by atoms with Crippen LogP contribution >= 0.6 is 11.6 Å². The highest BCUT2D eigenvalue weighted by Crippen LogP contribution is 2.27. The number of amides is 1. The Hall–Kier alpha value is -3.41. The summed E-state index contributed by atoms with van der Waals surface area (Å²) in [6, 6.07) is 21.6. The smallest absolute Gasteiger partial charge is 0.248 e. The summed E-state index contributed by atoms with van der Waals surface area (Å²) in [6.07, 6.45) is 4.75. The molecule has 0 aliphatic carbocycles. The summed E-state index contributed by atoms with van der Waals surface area (Å²) in [7, 11) is 0. The molecule has 0 unspecified atom stereocenters. The van der Waals surface area contributed by atoms with Crippen molar-refractivity contribution in [2.45, 2.75) is 33.7 Å². The largest absolute Gasteiger partial charge is 0.361 e. The lowest BCUT2D eigenvalue weighted by Gasteiger charge is -2.27. The lowest BCUT2D eigenvalue weighted by Crippen LogP contribution is -2.37. The Morgan fingerprint density at radius 2 is 1.80 bits per heavy atom. The van der Waals surface area contributed by atoms with Crippen LogP contribution in [0.1, 0.15) is 36.4 Å². The van der Waals surface area contributed by atoms with Crippen LogP contribution in [0.3, 0.4) is 0 Å². The van der Waals surface area contributed by atoms with Crippen molar-refractivity contribution >= 4 is 46.4 Å². The Labute approximate surface area is 211 Å². The molecule has 180 valence electrons. The summed E-state index contributed by atoms with van der Waals surface area (Å²) in [6.45, 7) is 6.95. The molecule has 5 nitrogen and oxygen atoms in total. The number of hydrogen-bond acceptors (Lipinski definition) is 3. The first-order valence-electron chi connectivity index (χ1n) is 11.9. The molecule has 0 atom stereocenters. The van der Waals surface area contributed by atoms with E-state index in [4.69, 9.17) is 21.3 Å². The molecule has 0 saturated heterocycles. The number of nitrogens with zero attached hydrogens (tertiary/aromatic N) is 3. The number of fused-ring (bicyclic) bond motifs is 1. The van der Waals surface area contributed by atoms with E-state index in [0.717, 1.165) is 39.8 Å². The van der Waals surface area contributed by atoms with Crippen molar-refractivity contribution in [2.24, 2.45) is 0 Å². The number of imidazole rings is 1. The number of anilines is 1. The molecule has 4 rings (SSSR count). The number of rotatable bonds is 9. The van der Waals surface area contributed by atoms with E-state index in [9.17, 15) is 4.79 Å². The maximum atomic E-state index is 13.8. The van der Waals surface area contributed by atoms with E-state index in [-0.39, 0.29) is 19.2 Å². The Morgan fingerprint density at radius 1 is 1.03 bits per heavy atom. The van der Waals surface area contributed by atoms with Gasteiger partial charge >= 0.3 is 0 Å². The number of ether oxygens (including phenoxy) is 1. The maximum absolute atomic E-state index is 13.8. The molecule has 0 saturated carbocycles. The molecule has 6 heteroatoms. The zero-order valence-electron chi connectivity index (χ0n) is 20.4. The third kappa shape index (κ3) is 5.64. The number of para-hydroxylation sites is 3. The molecule has 0 aliphatic heterocycles. The summed E-state index contributed by atoms with van der Waals surface area (Å²) < 4.78 is 7.70. The first-order valence-corrected chi connectivity index (χ1v) is 12.2. The summed E-state index contributed by atoms with van der Waals surface area (Å²) in [5.41, 5.74) is 5.86. The van der Waals surface area contributed by atoms with Crippen molar-refractivity contribution in [1.29, 1.82) is 0 Å². The van der Waals surface area contributed by atoms with Gasteiger partial charge in [0, 0.05) is 11.6 Å². The van der Waals surface area contributed by atoms with E-state index < -0.39 is 0 Å². The predicted octanol–water partition coefficient (Wildman–Crippen LogP) is 6.76. The zero-order valence-corrected chi connectivity index (χ0v) is 21.1. The molecule has 0 fully saturated rings. The Balaban J connectivity index is 1.72. The van der Waals surface area contributed by atoms with Gasteiger partial charge in [-0.15, -0.1) is 0 Å². The Kier molecular flexibility index (Phi) is 8.01. The first kappa shape index (κ1) is 24.7. The van der Waals surface area contributed by atoms with Gasteiger partial charge in [-0.05, 0) is 67.3 Å². The van der Waals surface area contributed by atoms with E-state index in [1.165, 1.54) is 0 Å². The lowest BCUT2D eigenvalue weighted by molar-refractivity contribution is -0.120. The van der Waals surface area contributed by atoms with Crippen LogP contribution < -0.4 is 4.90 Å². The van der Waals surface area contributed by atoms with Crippen molar-refractivity contribution in [3.63, 3.8) is 0 Å². The van der Waals surface area contributed by atoms with Crippen LogP contribution in [0.5, 0.6) is 0 Å². The van der Waals surface area contributed by atoms with Gasteiger partial charge < -0.3 is 9.30 Å². The molecule has 0 bridgehead atoms. The normalized spacial score (nSPS) is 11.4. The van der Waals surface area contributed by atoms with Crippen molar-refractivity contribution in [3.8, 4) is 0 Å². The predicted molar refractivity (Wildman–Crippen MR) is 145 cm³/mol. The van der Waals surface area contributed by atoms with Crippen LogP contribution in [0.15, 0.2) is 66.7 Å². The monoisotopic (exact) mass is 487 g/mol. The number of aryl methyl sites for hydroxylation is 2. The van der Waals surface area contributed by atoms with Gasteiger partial charge in [0.1, 0.15) is 19.1 Å². The molecule has 1 aromatic heterocycles. The van der Waals surface area contributed by atoms with Crippen molar-refractivity contribution in [2.75, 3.05) is 18.2 Å².